The van der Waals surface area contributed by atoms with E-state index in [1.807, 2.05) is 18.2 Å². The highest BCUT2D eigenvalue weighted by Crippen LogP contribution is 2.32. The molecule has 0 spiro atoms. The number of nitrogens with one attached hydrogen (secondary N) is 1. The number of nitrogens with zero attached hydrogens (tertiary/aromatic N) is 1. The number of hydrogen-bond donors (Lipinski definition) is 2. The number of amides is 2. The van der Waals surface area contributed by atoms with Crippen molar-refractivity contribution in [1.82, 2.24) is 10.2 Å². The zero-order valence-corrected chi connectivity index (χ0v) is 13.3. The average molecular weight is 316 g/mol. The van der Waals surface area contributed by atoms with Crippen molar-refractivity contribution in [3.63, 3.8) is 0 Å². The van der Waals surface area contributed by atoms with Gasteiger partial charge in [0, 0.05) is 24.7 Å². The van der Waals surface area contributed by atoms with Crippen molar-refractivity contribution >= 4 is 11.8 Å². The highest BCUT2D eigenvalue weighted by atomic mass is 16.3. The van der Waals surface area contributed by atoms with Crippen molar-refractivity contribution in [2.75, 3.05) is 13.1 Å². The zero-order chi connectivity index (χ0) is 16.3. The molecule has 1 heterocycles. The number of piperidine rings is 1. The predicted octanol–water partition coefficient (Wildman–Crippen LogP) is 1.71. The first-order chi connectivity index (χ1) is 11.1. The smallest absolute Gasteiger partial charge is 0.254 e. The van der Waals surface area contributed by atoms with E-state index < -0.39 is 5.60 Å². The first-order valence-electron chi connectivity index (χ1n) is 8.46. The molecule has 23 heavy (non-hydrogen) atoms. The van der Waals surface area contributed by atoms with Crippen molar-refractivity contribution < 1.29 is 14.7 Å². The molecule has 2 aliphatic rings. The van der Waals surface area contributed by atoms with Gasteiger partial charge in [0.25, 0.3) is 11.8 Å². The van der Waals surface area contributed by atoms with Crippen LogP contribution in [0, 0.1) is 0 Å². The van der Waals surface area contributed by atoms with Gasteiger partial charge in [0.05, 0.1) is 0 Å². The molecule has 5 heteroatoms. The van der Waals surface area contributed by atoms with E-state index in [1.165, 1.54) is 0 Å². The lowest BCUT2D eigenvalue weighted by Gasteiger charge is -2.36. The van der Waals surface area contributed by atoms with E-state index in [1.54, 1.807) is 17.0 Å². The number of benzene rings is 1. The number of carbonyl (C=O) groups excluding carboxylic acids is 2. The maximum atomic E-state index is 12.5. The Morgan fingerprint density at radius 1 is 1.09 bits per heavy atom. The van der Waals surface area contributed by atoms with Gasteiger partial charge in [-0.3, -0.25) is 9.59 Å². The van der Waals surface area contributed by atoms with Crippen molar-refractivity contribution in [2.45, 2.75) is 50.2 Å². The molecule has 0 radical (unpaired) electrons. The van der Waals surface area contributed by atoms with Crippen LogP contribution in [0.5, 0.6) is 0 Å². The molecule has 1 aliphatic heterocycles. The second kappa shape index (κ2) is 6.71. The van der Waals surface area contributed by atoms with Gasteiger partial charge >= 0.3 is 0 Å². The van der Waals surface area contributed by atoms with Gasteiger partial charge in [-0.2, -0.15) is 0 Å². The van der Waals surface area contributed by atoms with Gasteiger partial charge in [-0.1, -0.05) is 18.2 Å². The summed E-state index contributed by atoms with van der Waals surface area (Å²) in [6.45, 7) is 1.20. The van der Waals surface area contributed by atoms with E-state index in [-0.39, 0.29) is 17.9 Å². The average Bonchev–Trinajstić information content (AvgIpc) is 3.03. The second-order valence-electron chi connectivity index (χ2n) is 6.64. The molecule has 3 rings (SSSR count). The molecule has 1 aromatic rings. The molecule has 0 atom stereocenters. The van der Waals surface area contributed by atoms with Crippen molar-refractivity contribution in [3.05, 3.63) is 35.9 Å². The first-order valence-corrected chi connectivity index (χ1v) is 8.46. The van der Waals surface area contributed by atoms with E-state index in [4.69, 9.17) is 0 Å². The molecular formula is C18H24N2O3. The quantitative estimate of drug-likeness (QED) is 0.892. The minimum atomic E-state index is -1.14. The van der Waals surface area contributed by atoms with E-state index in [0.717, 1.165) is 25.7 Å². The Hall–Kier alpha value is -1.88. The summed E-state index contributed by atoms with van der Waals surface area (Å²) < 4.78 is 0. The SMILES string of the molecule is O=C(NC1CCN(C(=O)C2(O)CCCC2)CC1)c1ccccc1. The molecule has 0 aromatic heterocycles. The Balaban J connectivity index is 1.51. The Kier molecular flexibility index (Phi) is 4.66. The fourth-order valence-corrected chi connectivity index (χ4v) is 3.55. The van der Waals surface area contributed by atoms with Crippen LogP contribution in [0.2, 0.25) is 0 Å². The van der Waals surface area contributed by atoms with Crippen LogP contribution in [0.3, 0.4) is 0 Å². The number of likely N-dealkylation sites (tertiary alicyclic amines) is 1. The normalized spacial score (nSPS) is 21.2. The maximum Gasteiger partial charge on any atom is 0.254 e. The molecule has 1 aliphatic carbocycles. The maximum absolute atomic E-state index is 12.5. The van der Waals surface area contributed by atoms with Gasteiger partial charge in [0.15, 0.2) is 0 Å². The Morgan fingerprint density at radius 2 is 1.70 bits per heavy atom. The van der Waals surface area contributed by atoms with Crippen LogP contribution < -0.4 is 5.32 Å². The largest absolute Gasteiger partial charge is 0.380 e. The minimum absolute atomic E-state index is 0.0650. The second-order valence-corrected chi connectivity index (χ2v) is 6.64. The molecule has 0 bridgehead atoms. The molecule has 124 valence electrons. The van der Waals surface area contributed by atoms with E-state index in [0.29, 0.717) is 31.5 Å². The Morgan fingerprint density at radius 3 is 2.30 bits per heavy atom. The van der Waals surface area contributed by atoms with Crippen LogP contribution >= 0.6 is 0 Å². The molecule has 0 unspecified atom stereocenters. The number of carbonyl (C=O) groups is 2. The van der Waals surface area contributed by atoms with E-state index in [2.05, 4.69) is 5.32 Å². The zero-order valence-electron chi connectivity index (χ0n) is 13.3. The van der Waals surface area contributed by atoms with Crippen LogP contribution in [-0.4, -0.2) is 46.6 Å². The van der Waals surface area contributed by atoms with E-state index >= 15 is 0 Å². The minimum Gasteiger partial charge on any atom is -0.380 e. The third-order valence-corrected chi connectivity index (χ3v) is 4.98. The van der Waals surface area contributed by atoms with Crippen molar-refractivity contribution in [2.24, 2.45) is 0 Å². The number of hydrogen-bond acceptors (Lipinski definition) is 3. The lowest BCUT2D eigenvalue weighted by molar-refractivity contribution is -0.151. The van der Waals surface area contributed by atoms with Gasteiger partial charge in [-0.15, -0.1) is 0 Å². The predicted molar refractivity (Wildman–Crippen MR) is 86.9 cm³/mol. The van der Waals surface area contributed by atoms with Crippen LogP contribution in [0.15, 0.2) is 30.3 Å². The monoisotopic (exact) mass is 316 g/mol. The van der Waals surface area contributed by atoms with Crippen LogP contribution in [-0.2, 0) is 4.79 Å². The summed E-state index contributed by atoms with van der Waals surface area (Å²) in [4.78, 5) is 26.4. The summed E-state index contributed by atoms with van der Waals surface area (Å²) in [7, 11) is 0. The summed E-state index contributed by atoms with van der Waals surface area (Å²) >= 11 is 0. The lowest BCUT2D eigenvalue weighted by Crippen LogP contribution is -2.53. The standard InChI is InChI=1S/C18H24N2O3/c21-16(14-6-2-1-3-7-14)19-15-8-12-20(13-9-15)17(22)18(23)10-4-5-11-18/h1-3,6-7,15,23H,4-5,8-13H2,(H,19,21). The molecular weight excluding hydrogens is 292 g/mol. The molecule has 1 saturated carbocycles. The summed E-state index contributed by atoms with van der Waals surface area (Å²) in [5.41, 5.74) is -0.480. The molecule has 2 fully saturated rings. The van der Waals surface area contributed by atoms with Crippen molar-refractivity contribution in [1.29, 1.82) is 0 Å². The van der Waals surface area contributed by atoms with Crippen molar-refractivity contribution in [3.8, 4) is 0 Å². The highest BCUT2D eigenvalue weighted by Gasteiger charge is 2.42. The summed E-state index contributed by atoms with van der Waals surface area (Å²) in [6, 6.07) is 9.25. The third kappa shape index (κ3) is 3.55. The summed E-state index contributed by atoms with van der Waals surface area (Å²) in [5, 5.41) is 13.4. The fourth-order valence-electron chi connectivity index (χ4n) is 3.55. The van der Waals surface area contributed by atoms with Gasteiger partial charge in [0.1, 0.15) is 5.60 Å². The van der Waals surface area contributed by atoms with Gasteiger partial charge in [0.2, 0.25) is 0 Å². The Bertz CT molecular complexity index is 559. The fraction of sp³-hybridized carbons (Fsp3) is 0.556. The van der Waals surface area contributed by atoms with Gasteiger partial charge in [-0.25, -0.2) is 0 Å². The molecule has 1 saturated heterocycles. The van der Waals surface area contributed by atoms with E-state index in [9.17, 15) is 14.7 Å². The van der Waals surface area contributed by atoms with Crippen LogP contribution in [0.1, 0.15) is 48.9 Å². The molecule has 1 aromatic carbocycles. The van der Waals surface area contributed by atoms with Gasteiger partial charge in [-0.05, 0) is 50.7 Å². The topological polar surface area (TPSA) is 69.6 Å². The summed E-state index contributed by atoms with van der Waals surface area (Å²) in [6.07, 6.45) is 4.48. The molecule has 5 nitrogen and oxygen atoms in total. The highest BCUT2D eigenvalue weighted by molar-refractivity contribution is 5.94. The van der Waals surface area contributed by atoms with Crippen LogP contribution in [0.25, 0.3) is 0 Å². The van der Waals surface area contributed by atoms with Crippen LogP contribution in [0.4, 0.5) is 0 Å². The first kappa shape index (κ1) is 16.0. The summed E-state index contributed by atoms with van der Waals surface area (Å²) in [5.74, 6) is -0.187. The lowest BCUT2D eigenvalue weighted by atomic mass is 9.97. The molecule has 2 amide bonds. The third-order valence-electron chi connectivity index (χ3n) is 4.98. The number of aliphatic hydroxyl groups is 1. The van der Waals surface area contributed by atoms with Gasteiger partial charge < -0.3 is 15.3 Å². The Labute approximate surface area is 136 Å². The number of rotatable bonds is 3. The molecule has 2 N–H and O–H groups in total.